The standard InChI is InChI=1S/C24H31N5O3S2/c1-16(2)15-29-23(31)19(34-24(29)33)14-18-20(25-7-5-8-27-10-12-32-13-11-27)26-21-17(3)6-4-9-28(21)22(18)30/h4,6,9,14,16,25H,5,7-8,10-13,15H2,1-3H3/b19-14-. The molecule has 0 aliphatic carbocycles. The van der Waals surface area contributed by atoms with Gasteiger partial charge < -0.3 is 10.1 Å². The normalized spacial score (nSPS) is 18.6. The molecule has 10 heteroatoms. The van der Waals surface area contributed by atoms with Crippen LogP contribution in [0.2, 0.25) is 0 Å². The van der Waals surface area contributed by atoms with Crippen molar-refractivity contribution in [2.75, 3.05) is 51.3 Å². The Bertz CT molecular complexity index is 1170. The number of morpholine rings is 1. The summed E-state index contributed by atoms with van der Waals surface area (Å²) < 4.78 is 7.47. The number of aryl methyl sites for hydroxylation is 1. The highest BCUT2D eigenvalue weighted by molar-refractivity contribution is 8.26. The fourth-order valence-electron chi connectivity index (χ4n) is 4.06. The first-order valence-electron chi connectivity index (χ1n) is 11.7. The summed E-state index contributed by atoms with van der Waals surface area (Å²) in [6.07, 6.45) is 4.26. The van der Waals surface area contributed by atoms with Crippen molar-refractivity contribution in [2.45, 2.75) is 27.2 Å². The summed E-state index contributed by atoms with van der Waals surface area (Å²) in [7, 11) is 0. The minimum absolute atomic E-state index is 0.157. The second-order valence-electron chi connectivity index (χ2n) is 8.98. The van der Waals surface area contributed by atoms with Crippen molar-refractivity contribution >= 4 is 51.7 Å². The summed E-state index contributed by atoms with van der Waals surface area (Å²) in [4.78, 5) is 35.7. The minimum Gasteiger partial charge on any atom is -0.379 e. The van der Waals surface area contributed by atoms with Crippen molar-refractivity contribution in [1.29, 1.82) is 0 Å². The topological polar surface area (TPSA) is 79.2 Å². The maximum absolute atomic E-state index is 13.5. The molecule has 0 unspecified atom stereocenters. The van der Waals surface area contributed by atoms with Crippen molar-refractivity contribution < 1.29 is 9.53 Å². The minimum atomic E-state index is -0.210. The molecule has 8 nitrogen and oxygen atoms in total. The Kier molecular flexibility index (Phi) is 8.02. The average Bonchev–Trinajstić information content (AvgIpc) is 3.07. The number of hydrogen-bond acceptors (Lipinski definition) is 8. The molecule has 182 valence electrons. The number of rotatable bonds is 8. The summed E-state index contributed by atoms with van der Waals surface area (Å²) in [6.45, 7) is 11.6. The molecule has 4 heterocycles. The first-order chi connectivity index (χ1) is 16.3. The van der Waals surface area contributed by atoms with Crippen LogP contribution in [0.25, 0.3) is 11.7 Å². The number of hydrogen-bond donors (Lipinski definition) is 1. The second kappa shape index (κ2) is 11.0. The molecule has 2 fully saturated rings. The number of thioether (sulfide) groups is 1. The number of thiocarbonyl (C=S) groups is 1. The number of fused-ring (bicyclic) bond motifs is 1. The maximum atomic E-state index is 13.5. The summed E-state index contributed by atoms with van der Waals surface area (Å²) in [6, 6.07) is 3.76. The van der Waals surface area contributed by atoms with Gasteiger partial charge in [0.2, 0.25) is 0 Å². The highest BCUT2D eigenvalue weighted by Crippen LogP contribution is 2.33. The van der Waals surface area contributed by atoms with Crippen LogP contribution < -0.4 is 10.9 Å². The number of carbonyl (C=O) groups is 1. The van der Waals surface area contributed by atoms with Gasteiger partial charge in [-0.1, -0.05) is 43.9 Å². The van der Waals surface area contributed by atoms with Crippen molar-refractivity contribution in [3.8, 4) is 0 Å². The fraction of sp³-hybridized carbons (Fsp3) is 0.500. The van der Waals surface area contributed by atoms with Gasteiger partial charge in [0.25, 0.3) is 11.5 Å². The smallest absolute Gasteiger partial charge is 0.267 e. The summed E-state index contributed by atoms with van der Waals surface area (Å²) in [5.74, 6) is 0.632. The van der Waals surface area contributed by atoms with Gasteiger partial charge in [-0.3, -0.25) is 23.8 Å². The number of carbonyl (C=O) groups excluding carboxylic acids is 1. The lowest BCUT2D eigenvalue weighted by atomic mass is 10.2. The molecular weight excluding hydrogens is 470 g/mol. The van der Waals surface area contributed by atoms with Gasteiger partial charge in [0.15, 0.2) is 0 Å². The van der Waals surface area contributed by atoms with E-state index in [-0.39, 0.29) is 11.5 Å². The average molecular weight is 502 g/mol. The Balaban J connectivity index is 1.62. The Labute approximate surface area is 209 Å². The quantitative estimate of drug-likeness (QED) is 0.336. The molecule has 0 atom stereocenters. The highest BCUT2D eigenvalue weighted by Gasteiger charge is 2.33. The Morgan fingerprint density at radius 1 is 1.29 bits per heavy atom. The lowest BCUT2D eigenvalue weighted by Gasteiger charge is -2.26. The Hall–Kier alpha value is -2.27. The molecular formula is C24H31N5O3S2. The predicted octanol–water partition coefficient (Wildman–Crippen LogP) is 2.99. The molecule has 0 aromatic carbocycles. The summed E-state index contributed by atoms with van der Waals surface area (Å²) >= 11 is 6.67. The Morgan fingerprint density at radius 2 is 2.06 bits per heavy atom. The first kappa shape index (κ1) is 24.8. The maximum Gasteiger partial charge on any atom is 0.267 e. The largest absolute Gasteiger partial charge is 0.379 e. The molecule has 2 aliphatic rings. The van der Waals surface area contributed by atoms with Crippen LogP contribution in [-0.4, -0.2) is 75.3 Å². The van der Waals surface area contributed by atoms with E-state index in [1.54, 1.807) is 17.2 Å². The van der Waals surface area contributed by atoms with Gasteiger partial charge in [-0.2, -0.15) is 0 Å². The van der Waals surface area contributed by atoms with E-state index in [9.17, 15) is 9.59 Å². The van der Waals surface area contributed by atoms with E-state index in [0.717, 1.165) is 44.8 Å². The van der Waals surface area contributed by atoms with E-state index in [0.29, 0.717) is 45.3 Å². The molecule has 1 amide bonds. The molecule has 0 saturated carbocycles. The third-order valence-corrected chi connectivity index (χ3v) is 7.21. The molecule has 2 aromatic rings. The number of aromatic nitrogens is 2. The first-order valence-corrected chi connectivity index (χ1v) is 12.9. The number of anilines is 1. The predicted molar refractivity (Wildman–Crippen MR) is 141 cm³/mol. The molecule has 0 radical (unpaired) electrons. The van der Waals surface area contributed by atoms with Crippen LogP contribution in [0, 0.1) is 12.8 Å². The van der Waals surface area contributed by atoms with Crippen LogP contribution in [0.5, 0.6) is 0 Å². The zero-order valence-electron chi connectivity index (χ0n) is 19.9. The van der Waals surface area contributed by atoms with Crippen molar-refractivity contribution in [3.63, 3.8) is 0 Å². The number of pyridine rings is 1. The van der Waals surface area contributed by atoms with Crippen LogP contribution in [0.1, 0.15) is 31.4 Å². The van der Waals surface area contributed by atoms with E-state index in [4.69, 9.17) is 21.9 Å². The van der Waals surface area contributed by atoms with Gasteiger partial charge in [-0.15, -0.1) is 0 Å². The van der Waals surface area contributed by atoms with Crippen LogP contribution in [0.15, 0.2) is 28.0 Å². The van der Waals surface area contributed by atoms with E-state index in [1.165, 1.54) is 16.2 Å². The monoisotopic (exact) mass is 501 g/mol. The van der Waals surface area contributed by atoms with Crippen molar-refractivity contribution in [2.24, 2.45) is 5.92 Å². The molecule has 2 saturated heterocycles. The molecule has 2 aliphatic heterocycles. The fourth-order valence-corrected chi connectivity index (χ4v) is 5.32. The molecule has 4 rings (SSSR count). The van der Waals surface area contributed by atoms with Crippen LogP contribution in [0.3, 0.4) is 0 Å². The number of amides is 1. The van der Waals surface area contributed by atoms with Gasteiger partial charge in [-0.25, -0.2) is 4.98 Å². The van der Waals surface area contributed by atoms with Crippen LogP contribution in [0.4, 0.5) is 5.82 Å². The summed E-state index contributed by atoms with van der Waals surface area (Å²) in [5, 5.41) is 3.36. The molecule has 2 aromatic heterocycles. The molecule has 34 heavy (non-hydrogen) atoms. The van der Waals surface area contributed by atoms with E-state index in [1.807, 2.05) is 32.9 Å². The summed E-state index contributed by atoms with van der Waals surface area (Å²) in [5.41, 5.74) is 1.68. The van der Waals surface area contributed by atoms with Gasteiger partial charge in [0.1, 0.15) is 15.8 Å². The number of nitrogens with one attached hydrogen (secondary N) is 1. The third kappa shape index (κ3) is 5.51. The van der Waals surface area contributed by atoms with Gasteiger partial charge in [0.05, 0.1) is 23.7 Å². The zero-order chi connectivity index (χ0) is 24.2. The lowest BCUT2D eigenvalue weighted by Crippen LogP contribution is -2.37. The Morgan fingerprint density at radius 3 is 2.79 bits per heavy atom. The molecule has 0 bridgehead atoms. The van der Waals surface area contributed by atoms with E-state index in [2.05, 4.69) is 10.2 Å². The molecule has 0 spiro atoms. The SMILES string of the molecule is Cc1cccn2c(=O)c(/C=C3\SC(=S)N(CC(C)C)C3=O)c(NCCCN3CCOCC3)nc12. The zero-order valence-corrected chi connectivity index (χ0v) is 21.5. The van der Waals surface area contributed by atoms with Gasteiger partial charge in [0, 0.05) is 32.4 Å². The van der Waals surface area contributed by atoms with Gasteiger partial charge in [-0.05, 0) is 43.5 Å². The van der Waals surface area contributed by atoms with Crippen LogP contribution >= 0.6 is 24.0 Å². The van der Waals surface area contributed by atoms with Crippen LogP contribution in [-0.2, 0) is 9.53 Å². The number of nitrogens with zero attached hydrogens (tertiary/aromatic N) is 4. The van der Waals surface area contributed by atoms with Crippen molar-refractivity contribution in [1.82, 2.24) is 19.2 Å². The molecule has 1 N–H and O–H groups in total. The highest BCUT2D eigenvalue weighted by atomic mass is 32.2. The van der Waals surface area contributed by atoms with Crippen molar-refractivity contribution in [3.05, 3.63) is 44.7 Å². The second-order valence-corrected chi connectivity index (χ2v) is 10.7. The number of ether oxygens (including phenoxy) is 1. The van der Waals surface area contributed by atoms with E-state index < -0.39 is 0 Å². The third-order valence-electron chi connectivity index (χ3n) is 5.83. The van der Waals surface area contributed by atoms with Gasteiger partial charge >= 0.3 is 0 Å². The van der Waals surface area contributed by atoms with E-state index >= 15 is 0 Å². The lowest BCUT2D eigenvalue weighted by molar-refractivity contribution is -0.122.